The van der Waals surface area contributed by atoms with Crippen LogP contribution < -0.4 is 9.88 Å². The van der Waals surface area contributed by atoms with Gasteiger partial charge in [0.2, 0.25) is 10.0 Å². The van der Waals surface area contributed by atoms with Crippen LogP contribution in [0.25, 0.3) is 0 Å². The molecule has 28 heavy (non-hydrogen) atoms. The van der Waals surface area contributed by atoms with Gasteiger partial charge in [-0.25, -0.2) is 18.4 Å². The number of sulfonamides is 1. The van der Waals surface area contributed by atoms with Gasteiger partial charge in [0.15, 0.2) is 6.10 Å². The number of carbonyl (C=O) groups excluding carboxylic acids is 2. The van der Waals surface area contributed by atoms with Gasteiger partial charge in [-0.2, -0.15) is 0 Å². The van der Waals surface area contributed by atoms with Crippen LogP contribution in [0.5, 0.6) is 5.75 Å². The third kappa shape index (κ3) is 5.30. The average Bonchev–Trinajstić information content (AvgIpc) is 2.66. The van der Waals surface area contributed by atoms with E-state index in [0.29, 0.717) is 6.54 Å². The van der Waals surface area contributed by atoms with Crippen molar-refractivity contribution in [2.75, 3.05) is 14.2 Å². The number of esters is 1. The molecule has 9 heteroatoms. The number of methoxy groups -OCH3 is 1. The van der Waals surface area contributed by atoms with Crippen LogP contribution in [0.4, 0.5) is 0 Å². The molecule has 0 aliphatic heterocycles. The van der Waals surface area contributed by atoms with E-state index in [1.54, 1.807) is 7.05 Å². The van der Waals surface area contributed by atoms with Crippen molar-refractivity contribution in [3.8, 4) is 5.75 Å². The summed E-state index contributed by atoms with van der Waals surface area (Å²) in [6.45, 7) is 1.80. The van der Waals surface area contributed by atoms with E-state index in [1.807, 2.05) is 30.3 Å². The summed E-state index contributed by atoms with van der Waals surface area (Å²) in [4.78, 5) is 26.2. The minimum Gasteiger partial charge on any atom is -0.496 e. The van der Waals surface area contributed by atoms with Crippen molar-refractivity contribution in [1.82, 2.24) is 4.90 Å². The molecule has 0 aliphatic carbocycles. The molecule has 0 aliphatic rings. The number of ether oxygens (including phenoxy) is 2. The number of hydrogen-bond donors (Lipinski definition) is 1. The molecule has 0 aromatic heterocycles. The smallest absolute Gasteiger partial charge is 0.342 e. The highest BCUT2D eigenvalue weighted by atomic mass is 32.2. The van der Waals surface area contributed by atoms with Crippen molar-refractivity contribution in [3.05, 3.63) is 59.7 Å². The lowest BCUT2D eigenvalue weighted by atomic mass is 10.2. The molecule has 0 saturated carbocycles. The normalized spacial score (nSPS) is 12.1. The van der Waals surface area contributed by atoms with Crippen molar-refractivity contribution in [3.63, 3.8) is 0 Å². The Morgan fingerprint density at radius 2 is 1.79 bits per heavy atom. The molecule has 1 amide bonds. The van der Waals surface area contributed by atoms with E-state index in [1.165, 1.54) is 31.1 Å². The minimum absolute atomic E-state index is 0.106. The average molecular weight is 406 g/mol. The number of rotatable bonds is 7. The zero-order valence-electron chi connectivity index (χ0n) is 15.8. The third-order valence-corrected chi connectivity index (χ3v) is 4.90. The number of hydrogen-bond acceptors (Lipinski definition) is 6. The fraction of sp³-hybridized carbons (Fsp3) is 0.263. The van der Waals surface area contributed by atoms with E-state index in [-0.39, 0.29) is 16.2 Å². The van der Waals surface area contributed by atoms with Gasteiger partial charge in [-0.3, -0.25) is 4.79 Å². The van der Waals surface area contributed by atoms with Gasteiger partial charge in [-0.05, 0) is 30.7 Å². The quantitative estimate of drug-likeness (QED) is 0.698. The first kappa shape index (κ1) is 21.4. The molecule has 0 saturated heterocycles. The molecule has 0 radical (unpaired) electrons. The lowest BCUT2D eigenvalue weighted by molar-refractivity contribution is -0.139. The van der Waals surface area contributed by atoms with Crippen LogP contribution in [0.2, 0.25) is 0 Å². The molecule has 0 heterocycles. The van der Waals surface area contributed by atoms with Crippen LogP contribution in [0, 0.1) is 0 Å². The molecule has 2 aromatic carbocycles. The van der Waals surface area contributed by atoms with Gasteiger partial charge in [0.05, 0.1) is 12.0 Å². The Kier molecular flexibility index (Phi) is 6.76. The Balaban J connectivity index is 2.14. The van der Waals surface area contributed by atoms with Crippen molar-refractivity contribution >= 4 is 21.9 Å². The molecule has 2 N–H and O–H groups in total. The number of benzene rings is 2. The molecule has 2 rings (SSSR count). The lowest BCUT2D eigenvalue weighted by Crippen LogP contribution is -2.37. The summed E-state index contributed by atoms with van der Waals surface area (Å²) in [6, 6.07) is 12.9. The van der Waals surface area contributed by atoms with Crippen molar-refractivity contribution in [2.45, 2.75) is 24.5 Å². The maximum Gasteiger partial charge on any atom is 0.342 e. The van der Waals surface area contributed by atoms with E-state index >= 15 is 0 Å². The summed E-state index contributed by atoms with van der Waals surface area (Å²) in [5, 5.41) is 5.10. The summed E-state index contributed by atoms with van der Waals surface area (Å²) < 4.78 is 33.3. The molecular formula is C19H22N2O6S. The van der Waals surface area contributed by atoms with Gasteiger partial charge < -0.3 is 14.4 Å². The SMILES string of the molecule is COc1ccc(S(N)(=O)=O)cc1C(=O)O[C@@H](C)C(=O)N(C)Cc1ccccc1. The van der Waals surface area contributed by atoms with E-state index in [9.17, 15) is 18.0 Å². The van der Waals surface area contributed by atoms with Crippen LogP contribution in [0.1, 0.15) is 22.8 Å². The molecule has 0 fully saturated rings. The zero-order valence-corrected chi connectivity index (χ0v) is 16.6. The Morgan fingerprint density at radius 1 is 1.14 bits per heavy atom. The van der Waals surface area contributed by atoms with Crippen LogP contribution in [0.15, 0.2) is 53.4 Å². The number of amides is 1. The second kappa shape index (κ2) is 8.85. The van der Waals surface area contributed by atoms with Crippen LogP contribution in [0.3, 0.4) is 0 Å². The van der Waals surface area contributed by atoms with E-state index in [0.717, 1.165) is 11.6 Å². The van der Waals surface area contributed by atoms with Crippen molar-refractivity contribution in [2.24, 2.45) is 5.14 Å². The zero-order chi connectivity index (χ0) is 20.9. The largest absolute Gasteiger partial charge is 0.496 e. The number of carbonyl (C=O) groups is 2. The van der Waals surface area contributed by atoms with Gasteiger partial charge in [0, 0.05) is 13.6 Å². The van der Waals surface area contributed by atoms with Gasteiger partial charge in [-0.15, -0.1) is 0 Å². The number of nitrogens with zero attached hydrogens (tertiary/aromatic N) is 1. The highest BCUT2D eigenvalue weighted by molar-refractivity contribution is 7.89. The first-order chi connectivity index (χ1) is 13.1. The summed E-state index contributed by atoms with van der Waals surface area (Å²) in [6.07, 6.45) is -1.08. The van der Waals surface area contributed by atoms with Gasteiger partial charge in [0.1, 0.15) is 11.3 Å². The predicted octanol–water partition coefficient (Wildman–Crippen LogP) is 1.55. The van der Waals surface area contributed by atoms with Crippen LogP contribution >= 0.6 is 0 Å². The number of nitrogens with two attached hydrogens (primary N) is 1. The molecule has 8 nitrogen and oxygen atoms in total. The Labute approximate surface area is 163 Å². The maximum absolute atomic E-state index is 12.5. The highest BCUT2D eigenvalue weighted by Gasteiger charge is 2.25. The van der Waals surface area contributed by atoms with Gasteiger partial charge in [-0.1, -0.05) is 30.3 Å². The Morgan fingerprint density at radius 3 is 2.36 bits per heavy atom. The predicted molar refractivity (Wildman–Crippen MR) is 102 cm³/mol. The maximum atomic E-state index is 12.5. The fourth-order valence-electron chi connectivity index (χ4n) is 2.54. The topological polar surface area (TPSA) is 116 Å². The number of primary sulfonamides is 1. The molecule has 0 spiro atoms. The van der Waals surface area contributed by atoms with E-state index < -0.39 is 28.0 Å². The first-order valence-corrected chi connectivity index (χ1v) is 9.89. The summed E-state index contributed by atoms with van der Waals surface area (Å²) in [5.74, 6) is -1.19. The molecular weight excluding hydrogens is 384 g/mol. The highest BCUT2D eigenvalue weighted by Crippen LogP contribution is 2.23. The van der Waals surface area contributed by atoms with Crippen LogP contribution in [-0.2, 0) is 26.1 Å². The van der Waals surface area contributed by atoms with E-state index in [2.05, 4.69) is 0 Å². The monoisotopic (exact) mass is 406 g/mol. The second-order valence-corrected chi connectivity index (χ2v) is 7.70. The standard InChI is InChI=1S/C19H22N2O6S/c1-13(18(22)21(2)12-14-7-5-4-6-8-14)27-19(23)16-11-15(28(20,24)25)9-10-17(16)26-3/h4-11,13H,12H2,1-3H3,(H2,20,24,25)/t13-/m0/s1. The summed E-state index contributed by atoms with van der Waals surface area (Å²) in [5.41, 5.74) is 0.791. The molecule has 150 valence electrons. The Hall–Kier alpha value is -2.91. The third-order valence-electron chi connectivity index (χ3n) is 3.99. The lowest BCUT2D eigenvalue weighted by Gasteiger charge is -2.22. The van der Waals surface area contributed by atoms with Crippen molar-refractivity contribution < 1.29 is 27.5 Å². The minimum atomic E-state index is -4.02. The first-order valence-electron chi connectivity index (χ1n) is 8.34. The molecule has 2 aromatic rings. The molecule has 0 unspecified atom stereocenters. The molecule has 0 bridgehead atoms. The second-order valence-electron chi connectivity index (χ2n) is 6.13. The summed E-state index contributed by atoms with van der Waals surface area (Å²) >= 11 is 0. The van der Waals surface area contributed by atoms with E-state index in [4.69, 9.17) is 14.6 Å². The number of likely N-dealkylation sites (N-methyl/N-ethyl adjacent to an activating group) is 1. The fourth-order valence-corrected chi connectivity index (χ4v) is 3.08. The van der Waals surface area contributed by atoms with Crippen LogP contribution in [-0.4, -0.2) is 45.5 Å². The van der Waals surface area contributed by atoms with Gasteiger partial charge in [0.25, 0.3) is 5.91 Å². The summed E-state index contributed by atoms with van der Waals surface area (Å²) in [7, 11) is -1.09. The van der Waals surface area contributed by atoms with Gasteiger partial charge >= 0.3 is 5.97 Å². The molecule has 1 atom stereocenters. The van der Waals surface area contributed by atoms with Crippen molar-refractivity contribution in [1.29, 1.82) is 0 Å². The Bertz CT molecular complexity index is 960.